The lowest BCUT2D eigenvalue weighted by molar-refractivity contribution is -0.132. The molecule has 0 spiro atoms. The summed E-state index contributed by atoms with van der Waals surface area (Å²) in [6.07, 6.45) is 2.74. The molecule has 0 saturated carbocycles. The zero-order valence-corrected chi connectivity index (χ0v) is 20.1. The molecule has 3 aromatic carbocycles. The second-order valence-corrected chi connectivity index (χ2v) is 9.17. The van der Waals surface area contributed by atoms with E-state index in [2.05, 4.69) is 6.07 Å². The fourth-order valence-electron chi connectivity index (χ4n) is 5.08. The standard InChI is InChI=1S/C30H28N2O4/c33-28(32-17-7-12-24(32)23-13-14-25-26(20-23)35-19-18-34-25)16-15-27-31-29(21-8-3-1-4-9-21)30(36-27)22-10-5-2-6-11-22/h1-6,8-11,13-14,20,24H,7,12,15-19H2/t24-/m0/s1. The number of fused-ring (bicyclic) bond motifs is 1. The first-order valence-electron chi connectivity index (χ1n) is 12.6. The van der Waals surface area contributed by atoms with Crippen LogP contribution in [-0.4, -0.2) is 35.5 Å². The van der Waals surface area contributed by atoms with Crippen LogP contribution in [0.15, 0.2) is 83.3 Å². The molecule has 0 aliphatic carbocycles. The van der Waals surface area contributed by atoms with Crippen LogP contribution in [0.25, 0.3) is 22.6 Å². The van der Waals surface area contributed by atoms with Crippen molar-refractivity contribution in [1.29, 1.82) is 0 Å². The number of likely N-dealkylation sites (tertiary alicyclic amines) is 1. The summed E-state index contributed by atoms with van der Waals surface area (Å²) in [6, 6.07) is 26.1. The van der Waals surface area contributed by atoms with Crippen molar-refractivity contribution in [3.05, 3.63) is 90.3 Å². The summed E-state index contributed by atoms with van der Waals surface area (Å²) in [5, 5.41) is 0. The van der Waals surface area contributed by atoms with Crippen molar-refractivity contribution in [2.24, 2.45) is 0 Å². The Morgan fingerprint density at radius 2 is 1.61 bits per heavy atom. The van der Waals surface area contributed by atoms with Gasteiger partial charge in [0, 0.05) is 30.5 Å². The number of oxazole rings is 1. The number of benzene rings is 3. The SMILES string of the molecule is O=C(CCc1nc(-c2ccccc2)c(-c2ccccc2)o1)N1CCC[C@H]1c1ccc2c(c1)OCCO2. The van der Waals surface area contributed by atoms with Crippen LogP contribution >= 0.6 is 0 Å². The molecule has 36 heavy (non-hydrogen) atoms. The molecule has 182 valence electrons. The van der Waals surface area contributed by atoms with Gasteiger partial charge >= 0.3 is 0 Å². The van der Waals surface area contributed by atoms with Gasteiger partial charge < -0.3 is 18.8 Å². The quantitative estimate of drug-likeness (QED) is 0.335. The fourth-order valence-corrected chi connectivity index (χ4v) is 5.08. The van der Waals surface area contributed by atoms with E-state index < -0.39 is 0 Å². The Balaban J connectivity index is 1.20. The first-order chi connectivity index (χ1) is 17.8. The van der Waals surface area contributed by atoms with E-state index in [4.69, 9.17) is 18.9 Å². The summed E-state index contributed by atoms with van der Waals surface area (Å²) in [4.78, 5) is 20.1. The van der Waals surface area contributed by atoms with Gasteiger partial charge in [-0.25, -0.2) is 4.98 Å². The second kappa shape index (κ2) is 9.90. The van der Waals surface area contributed by atoms with Crippen molar-refractivity contribution in [3.63, 3.8) is 0 Å². The van der Waals surface area contributed by atoms with Gasteiger partial charge in [0.2, 0.25) is 5.91 Å². The first kappa shape index (κ1) is 22.4. The Morgan fingerprint density at radius 1 is 0.889 bits per heavy atom. The molecule has 2 aliphatic rings. The molecule has 1 amide bonds. The Labute approximate surface area is 210 Å². The number of hydrogen-bond donors (Lipinski definition) is 0. The molecule has 4 aromatic rings. The number of rotatable bonds is 6. The molecule has 2 aliphatic heterocycles. The molecule has 0 N–H and O–H groups in total. The van der Waals surface area contributed by atoms with E-state index in [9.17, 15) is 4.79 Å². The van der Waals surface area contributed by atoms with E-state index >= 15 is 0 Å². The summed E-state index contributed by atoms with van der Waals surface area (Å²) in [5.41, 5.74) is 3.87. The van der Waals surface area contributed by atoms with Crippen LogP contribution in [0.3, 0.4) is 0 Å². The molecule has 1 aromatic heterocycles. The predicted octanol–water partition coefficient (Wildman–Crippen LogP) is 6.08. The summed E-state index contributed by atoms with van der Waals surface area (Å²) in [7, 11) is 0. The van der Waals surface area contributed by atoms with E-state index in [-0.39, 0.29) is 11.9 Å². The highest BCUT2D eigenvalue weighted by Crippen LogP contribution is 2.39. The number of amides is 1. The van der Waals surface area contributed by atoms with Gasteiger partial charge in [0.25, 0.3) is 0 Å². The maximum Gasteiger partial charge on any atom is 0.223 e. The van der Waals surface area contributed by atoms with Gasteiger partial charge in [0.15, 0.2) is 23.1 Å². The predicted molar refractivity (Wildman–Crippen MR) is 137 cm³/mol. The van der Waals surface area contributed by atoms with Crippen molar-refractivity contribution in [1.82, 2.24) is 9.88 Å². The molecule has 1 saturated heterocycles. The van der Waals surface area contributed by atoms with Crippen LogP contribution in [-0.2, 0) is 11.2 Å². The van der Waals surface area contributed by atoms with E-state index in [0.29, 0.717) is 31.9 Å². The van der Waals surface area contributed by atoms with Crippen LogP contribution in [0.4, 0.5) is 0 Å². The molecule has 6 heteroatoms. The lowest BCUT2D eigenvalue weighted by atomic mass is 10.0. The van der Waals surface area contributed by atoms with Crippen molar-refractivity contribution in [2.45, 2.75) is 31.7 Å². The van der Waals surface area contributed by atoms with E-state index in [1.807, 2.05) is 77.7 Å². The van der Waals surface area contributed by atoms with Crippen LogP contribution in [0.1, 0.15) is 36.8 Å². The smallest absolute Gasteiger partial charge is 0.223 e. The number of carbonyl (C=O) groups excluding carboxylic acids is 1. The zero-order chi connectivity index (χ0) is 24.3. The van der Waals surface area contributed by atoms with Crippen molar-refractivity contribution in [3.8, 4) is 34.1 Å². The topological polar surface area (TPSA) is 64.8 Å². The van der Waals surface area contributed by atoms with Gasteiger partial charge in [-0.2, -0.15) is 0 Å². The summed E-state index contributed by atoms with van der Waals surface area (Å²) in [6.45, 7) is 1.88. The van der Waals surface area contributed by atoms with Crippen LogP contribution in [0.5, 0.6) is 11.5 Å². The maximum atomic E-state index is 13.3. The van der Waals surface area contributed by atoms with Gasteiger partial charge in [-0.05, 0) is 30.5 Å². The Kier molecular flexibility index (Phi) is 6.16. The number of aryl methyl sites for hydroxylation is 1. The van der Waals surface area contributed by atoms with Crippen LogP contribution in [0.2, 0.25) is 0 Å². The van der Waals surface area contributed by atoms with E-state index in [1.54, 1.807) is 0 Å². The number of hydrogen-bond acceptors (Lipinski definition) is 5. The van der Waals surface area contributed by atoms with E-state index in [0.717, 1.165) is 59.0 Å². The van der Waals surface area contributed by atoms with Gasteiger partial charge in [-0.1, -0.05) is 66.7 Å². The highest BCUT2D eigenvalue weighted by atomic mass is 16.6. The second-order valence-electron chi connectivity index (χ2n) is 9.17. The summed E-state index contributed by atoms with van der Waals surface area (Å²) < 4.78 is 17.6. The molecular formula is C30H28N2O4. The van der Waals surface area contributed by atoms with Crippen molar-refractivity contribution in [2.75, 3.05) is 19.8 Å². The van der Waals surface area contributed by atoms with Gasteiger partial charge in [-0.3, -0.25) is 4.79 Å². The zero-order valence-electron chi connectivity index (χ0n) is 20.1. The Bertz CT molecular complexity index is 1290. The normalized spacial score (nSPS) is 16.8. The third-order valence-electron chi connectivity index (χ3n) is 6.83. The lowest BCUT2D eigenvalue weighted by Crippen LogP contribution is -2.30. The summed E-state index contributed by atoms with van der Waals surface area (Å²) in [5.74, 6) is 2.97. The van der Waals surface area contributed by atoms with Crippen molar-refractivity contribution < 1.29 is 18.7 Å². The minimum Gasteiger partial charge on any atom is -0.486 e. The van der Waals surface area contributed by atoms with Gasteiger partial charge in [0.1, 0.15) is 18.9 Å². The Hall–Kier alpha value is -4.06. The highest BCUT2D eigenvalue weighted by Gasteiger charge is 2.31. The lowest BCUT2D eigenvalue weighted by Gasteiger charge is -2.26. The minimum absolute atomic E-state index is 0.0534. The average molecular weight is 481 g/mol. The monoisotopic (exact) mass is 480 g/mol. The molecule has 0 radical (unpaired) electrons. The molecule has 6 rings (SSSR count). The minimum atomic E-state index is 0.0534. The highest BCUT2D eigenvalue weighted by molar-refractivity contribution is 5.78. The molecule has 3 heterocycles. The fraction of sp³-hybridized carbons (Fsp3) is 0.267. The number of ether oxygens (including phenoxy) is 2. The molecule has 1 atom stereocenters. The Morgan fingerprint density at radius 3 is 2.39 bits per heavy atom. The van der Waals surface area contributed by atoms with Gasteiger partial charge in [0.05, 0.1) is 6.04 Å². The van der Waals surface area contributed by atoms with Crippen LogP contribution < -0.4 is 9.47 Å². The third kappa shape index (κ3) is 4.47. The van der Waals surface area contributed by atoms with E-state index in [1.165, 1.54) is 0 Å². The molecule has 0 bridgehead atoms. The molecule has 0 unspecified atom stereocenters. The molecular weight excluding hydrogens is 452 g/mol. The largest absolute Gasteiger partial charge is 0.486 e. The first-order valence-corrected chi connectivity index (χ1v) is 12.6. The molecule has 6 nitrogen and oxygen atoms in total. The summed E-state index contributed by atoms with van der Waals surface area (Å²) >= 11 is 0. The number of carbonyl (C=O) groups is 1. The third-order valence-corrected chi connectivity index (χ3v) is 6.83. The number of nitrogens with zero attached hydrogens (tertiary/aromatic N) is 2. The van der Waals surface area contributed by atoms with Crippen LogP contribution in [0, 0.1) is 0 Å². The van der Waals surface area contributed by atoms with Gasteiger partial charge in [-0.15, -0.1) is 0 Å². The number of aromatic nitrogens is 1. The maximum absolute atomic E-state index is 13.3. The average Bonchev–Trinajstić information content (AvgIpc) is 3.61. The van der Waals surface area contributed by atoms with Crippen molar-refractivity contribution >= 4 is 5.91 Å². The molecule has 1 fully saturated rings.